The molecule has 1 saturated heterocycles. The van der Waals surface area contributed by atoms with Gasteiger partial charge in [0.05, 0.1) is 12.2 Å². The highest BCUT2D eigenvalue weighted by Crippen LogP contribution is 2.36. The first kappa shape index (κ1) is 9.40. The van der Waals surface area contributed by atoms with E-state index >= 15 is 0 Å². The van der Waals surface area contributed by atoms with E-state index in [0.29, 0.717) is 0 Å². The molecule has 4 heteroatoms. The summed E-state index contributed by atoms with van der Waals surface area (Å²) >= 11 is 0. The number of rotatable bonds is 0. The maximum atomic E-state index is 9.75. The molecule has 0 bridgehead atoms. The molecule has 0 aromatic rings. The van der Waals surface area contributed by atoms with Crippen LogP contribution in [-0.2, 0) is 9.47 Å². The van der Waals surface area contributed by atoms with Gasteiger partial charge in [-0.2, -0.15) is 0 Å². The minimum absolute atomic E-state index is 0.0183. The Bertz CT molecular complexity index is 207. The molecule has 3 N–H and O–H groups in total. The van der Waals surface area contributed by atoms with Gasteiger partial charge in [-0.05, 0) is 26.7 Å². The van der Waals surface area contributed by atoms with Gasteiger partial charge in [-0.3, -0.25) is 0 Å². The monoisotopic (exact) mass is 187 g/mol. The normalized spacial score (nSPS) is 48.9. The summed E-state index contributed by atoms with van der Waals surface area (Å²) in [4.78, 5) is 0. The zero-order chi connectivity index (χ0) is 9.64. The molecule has 2 rings (SSSR count). The van der Waals surface area contributed by atoms with E-state index in [9.17, 15) is 5.11 Å². The van der Waals surface area contributed by atoms with Crippen LogP contribution in [0.1, 0.15) is 26.7 Å². The molecule has 1 aliphatic heterocycles. The predicted octanol–water partition coefficient (Wildman–Crippen LogP) is -0.0115. The van der Waals surface area contributed by atoms with Gasteiger partial charge in [-0.15, -0.1) is 0 Å². The van der Waals surface area contributed by atoms with Crippen molar-refractivity contribution in [3.05, 3.63) is 0 Å². The van der Waals surface area contributed by atoms with Crippen LogP contribution in [-0.4, -0.2) is 35.2 Å². The van der Waals surface area contributed by atoms with Crippen LogP contribution in [0.4, 0.5) is 0 Å². The highest BCUT2D eigenvalue weighted by Gasteiger charge is 2.48. The van der Waals surface area contributed by atoms with Crippen molar-refractivity contribution in [2.75, 3.05) is 0 Å². The molecule has 0 radical (unpaired) electrons. The third kappa shape index (κ3) is 1.59. The minimum atomic E-state index is -0.583. The standard InChI is InChI=1S/C9H17NO3/c1-9(2)12-6-4-3-5(10)7(11)8(6)13-9/h5-8,11H,3-4,10H2,1-2H3/t5-,6-,7-,8-/m0/s1. The molecule has 13 heavy (non-hydrogen) atoms. The molecule has 1 saturated carbocycles. The summed E-state index contributed by atoms with van der Waals surface area (Å²) in [5.74, 6) is -0.569. The largest absolute Gasteiger partial charge is 0.389 e. The molecule has 0 spiro atoms. The van der Waals surface area contributed by atoms with Crippen LogP contribution in [0.3, 0.4) is 0 Å². The number of nitrogens with two attached hydrogens (primary N) is 1. The summed E-state index contributed by atoms with van der Waals surface area (Å²) in [5, 5.41) is 9.75. The van der Waals surface area contributed by atoms with Crippen LogP contribution in [0.15, 0.2) is 0 Å². The number of fused-ring (bicyclic) bond motifs is 1. The van der Waals surface area contributed by atoms with E-state index in [1.165, 1.54) is 0 Å². The van der Waals surface area contributed by atoms with Crippen molar-refractivity contribution in [2.24, 2.45) is 5.73 Å². The summed E-state index contributed by atoms with van der Waals surface area (Å²) in [7, 11) is 0. The number of ether oxygens (including phenoxy) is 2. The van der Waals surface area contributed by atoms with Gasteiger partial charge in [-0.1, -0.05) is 0 Å². The van der Waals surface area contributed by atoms with E-state index in [4.69, 9.17) is 15.2 Å². The van der Waals surface area contributed by atoms with Gasteiger partial charge in [0.2, 0.25) is 0 Å². The lowest BCUT2D eigenvalue weighted by atomic mass is 9.88. The van der Waals surface area contributed by atoms with E-state index in [1.54, 1.807) is 0 Å². The van der Waals surface area contributed by atoms with E-state index < -0.39 is 11.9 Å². The second-order valence-electron chi connectivity index (χ2n) is 4.37. The molecule has 4 atom stereocenters. The summed E-state index contributed by atoms with van der Waals surface area (Å²) in [5.41, 5.74) is 5.74. The van der Waals surface area contributed by atoms with Crippen molar-refractivity contribution in [3.63, 3.8) is 0 Å². The fourth-order valence-electron chi connectivity index (χ4n) is 2.15. The van der Waals surface area contributed by atoms with E-state index in [2.05, 4.69) is 0 Å². The third-order valence-electron chi connectivity index (χ3n) is 2.78. The number of hydrogen-bond donors (Lipinski definition) is 2. The first-order valence-corrected chi connectivity index (χ1v) is 4.79. The zero-order valence-corrected chi connectivity index (χ0v) is 8.06. The summed E-state index contributed by atoms with van der Waals surface area (Å²) in [6, 6.07) is -0.168. The van der Waals surface area contributed by atoms with Crippen molar-refractivity contribution < 1.29 is 14.6 Å². The Morgan fingerprint density at radius 1 is 1.31 bits per heavy atom. The third-order valence-corrected chi connectivity index (χ3v) is 2.78. The Balaban J connectivity index is 2.11. The highest BCUT2D eigenvalue weighted by molar-refractivity contribution is 4.95. The Hall–Kier alpha value is -0.160. The average molecular weight is 187 g/mol. The van der Waals surface area contributed by atoms with E-state index in [0.717, 1.165) is 12.8 Å². The number of hydrogen-bond acceptors (Lipinski definition) is 4. The van der Waals surface area contributed by atoms with Crippen LogP contribution in [0.2, 0.25) is 0 Å². The SMILES string of the molecule is CC1(C)O[C@@H]2[C@@H](O)[C@@H](N)CC[C@@H]2O1. The smallest absolute Gasteiger partial charge is 0.163 e. The second-order valence-corrected chi connectivity index (χ2v) is 4.37. The molecule has 2 fully saturated rings. The van der Waals surface area contributed by atoms with Crippen molar-refractivity contribution >= 4 is 0 Å². The molecule has 0 aromatic carbocycles. The Morgan fingerprint density at radius 3 is 2.69 bits per heavy atom. The molecule has 0 amide bonds. The van der Waals surface area contributed by atoms with Crippen molar-refractivity contribution in [1.82, 2.24) is 0 Å². The molecule has 1 heterocycles. The molecular formula is C9H17NO3. The lowest BCUT2D eigenvalue weighted by Crippen LogP contribution is -2.51. The van der Waals surface area contributed by atoms with Crippen LogP contribution < -0.4 is 5.73 Å². The highest BCUT2D eigenvalue weighted by atomic mass is 16.8. The van der Waals surface area contributed by atoms with Crippen LogP contribution in [0.25, 0.3) is 0 Å². The van der Waals surface area contributed by atoms with Gasteiger partial charge >= 0.3 is 0 Å². The molecule has 76 valence electrons. The summed E-state index contributed by atoms with van der Waals surface area (Å²) in [6.07, 6.45) is 0.887. The number of aliphatic hydroxyl groups excluding tert-OH is 1. The average Bonchev–Trinajstić information content (AvgIpc) is 2.34. The Labute approximate surface area is 78.0 Å². The van der Waals surface area contributed by atoms with Crippen molar-refractivity contribution in [2.45, 2.75) is 56.8 Å². The Morgan fingerprint density at radius 2 is 2.00 bits per heavy atom. The molecule has 2 aliphatic rings. The maximum Gasteiger partial charge on any atom is 0.163 e. The van der Waals surface area contributed by atoms with Crippen LogP contribution in [0, 0.1) is 0 Å². The van der Waals surface area contributed by atoms with Crippen molar-refractivity contribution in [3.8, 4) is 0 Å². The number of aliphatic hydroxyl groups is 1. The second kappa shape index (κ2) is 2.92. The lowest BCUT2D eigenvalue weighted by molar-refractivity contribution is -0.153. The van der Waals surface area contributed by atoms with Gasteiger partial charge in [0.25, 0.3) is 0 Å². The maximum absolute atomic E-state index is 9.75. The topological polar surface area (TPSA) is 64.7 Å². The summed E-state index contributed by atoms with van der Waals surface area (Å²) in [6.45, 7) is 3.73. The first-order chi connectivity index (χ1) is 5.99. The Kier molecular flexibility index (Phi) is 2.11. The van der Waals surface area contributed by atoms with E-state index in [-0.39, 0.29) is 18.2 Å². The molecule has 1 aliphatic carbocycles. The van der Waals surface area contributed by atoms with Crippen molar-refractivity contribution in [1.29, 1.82) is 0 Å². The molecule has 0 aromatic heterocycles. The molecule has 0 unspecified atom stereocenters. The minimum Gasteiger partial charge on any atom is -0.389 e. The predicted molar refractivity (Wildman–Crippen MR) is 47.0 cm³/mol. The molecule has 4 nitrogen and oxygen atoms in total. The van der Waals surface area contributed by atoms with Gasteiger partial charge in [0.1, 0.15) is 6.10 Å². The van der Waals surface area contributed by atoms with Crippen LogP contribution in [0.5, 0.6) is 0 Å². The lowest BCUT2D eigenvalue weighted by Gasteiger charge is -2.32. The van der Waals surface area contributed by atoms with Gasteiger partial charge in [0, 0.05) is 6.04 Å². The fraction of sp³-hybridized carbons (Fsp3) is 1.00. The van der Waals surface area contributed by atoms with E-state index in [1.807, 2.05) is 13.8 Å². The van der Waals surface area contributed by atoms with Gasteiger partial charge in [-0.25, -0.2) is 0 Å². The molecular weight excluding hydrogens is 170 g/mol. The quantitative estimate of drug-likeness (QED) is 0.560. The van der Waals surface area contributed by atoms with Gasteiger partial charge in [0.15, 0.2) is 5.79 Å². The zero-order valence-electron chi connectivity index (χ0n) is 8.06. The van der Waals surface area contributed by atoms with Gasteiger partial charge < -0.3 is 20.3 Å². The first-order valence-electron chi connectivity index (χ1n) is 4.79. The fourth-order valence-corrected chi connectivity index (χ4v) is 2.15. The van der Waals surface area contributed by atoms with Crippen LogP contribution >= 0.6 is 0 Å². The summed E-state index contributed by atoms with van der Waals surface area (Å²) < 4.78 is 11.2.